The Labute approximate surface area is 120 Å². The minimum atomic E-state index is 0.0657. The van der Waals surface area contributed by atoms with Gasteiger partial charge in [0.25, 0.3) is 0 Å². The third-order valence-electron chi connectivity index (χ3n) is 3.27. The molecule has 0 saturated carbocycles. The van der Waals surface area contributed by atoms with Crippen LogP contribution >= 0.6 is 0 Å². The molecule has 0 fully saturated rings. The first kappa shape index (κ1) is 14.2. The highest BCUT2D eigenvalue weighted by Gasteiger charge is 2.07. The van der Waals surface area contributed by atoms with Crippen LogP contribution in [-0.4, -0.2) is 12.6 Å². The zero-order valence-corrected chi connectivity index (χ0v) is 12.3. The predicted octanol–water partition coefficient (Wildman–Crippen LogP) is 4.51. The van der Waals surface area contributed by atoms with Crippen molar-refractivity contribution in [1.82, 2.24) is 0 Å². The van der Waals surface area contributed by atoms with Crippen LogP contribution in [0.25, 0.3) is 0 Å². The third-order valence-corrected chi connectivity index (χ3v) is 3.27. The summed E-state index contributed by atoms with van der Waals surface area (Å²) in [5, 5.41) is 0. The zero-order chi connectivity index (χ0) is 14.5. The SMILES string of the molecule is C=NC(=NC(C)c1cccc(C)c1)c1cccc(C)c1. The van der Waals surface area contributed by atoms with E-state index in [0.717, 1.165) is 5.56 Å². The molecule has 0 aliphatic heterocycles. The second-order valence-electron chi connectivity index (χ2n) is 5.07. The molecule has 102 valence electrons. The van der Waals surface area contributed by atoms with Gasteiger partial charge in [-0.25, -0.2) is 4.99 Å². The second kappa shape index (κ2) is 6.29. The van der Waals surface area contributed by atoms with E-state index in [1.807, 2.05) is 12.1 Å². The van der Waals surface area contributed by atoms with E-state index in [0.29, 0.717) is 5.84 Å². The van der Waals surface area contributed by atoms with Gasteiger partial charge in [0.05, 0.1) is 6.04 Å². The molecule has 0 radical (unpaired) electrons. The maximum absolute atomic E-state index is 4.71. The van der Waals surface area contributed by atoms with Crippen molar-refractivity contribution in [3.8, 4) is 0 Å². The number of aryl methyl sites for hydroxylation is 2. The Morgan fingerprint density at radius 1 is 1.00 bits per heavy atom. The average molecular weight is 264 g/mol. The molecule has 0 N–H and O–H groups in total. The van der Waals surface area contributed by atoms with Gasteiger partial charge < -0.3 is 0 Å². The molecule has 1 unspecified atom stereocenters. The highest BCUT2D eigenvalue weighted by Crippen LogP contribution is 2.19. The van der Waals surface area contributed by atoms with Gasteiger partial charge in [0, 0.05) is 5.56 Å². The Morgan fingerprint density at radius 2 is 1.65 bits per heavy atom. The molecular formula is C18H20N2. The van der Waals surface area contributed by atoms with Crippen LogP contribution in [0.4, 0.5) is 0 Å². The number of nitrogens with zero attached hydrogens (tertiary/aromatic N) is 2. The maximum Gasteiger partial charge on any atom is 0.154 e. The Morgan fingerprint density at radius 3 is 2.25 bits per heavy atom. The molecule has 1 atom stereocenters. The highest BCUT2D eigenvalue weighted by atomic mass is 14.9. The molecule has 2 heteroatoms. The largest absolute Gasteiger partial charge is 0.258 e. The third kappa shape index (κ3) is 3.41. The predicted molar refractivity (Wildman–Crippen MR) is 86.9 cm³/mol. The maximum atomic E-state index is 4.71. The molecule has 0 heterocycles. The van der Waals surface area contributed by atoms with Crippen LogP contribution in [-0.2, 0) is 0 Å². The summed E-state index contributed by atoms with van der Waals surface area (Å²) in [4.78, 5) is 8.79. The first-order valence-corrected chi connectivity index (χ1v) is 6.78. The summed E-state index contributed by atoms with van der Waals surface area (Å²) < 4.78 is 0. The molecule has 0 aliphatic rings. The van der Waals surface area contributed by atoms with Crippen LogP contribution in [0.3, 0.4) is 0 Å². The lowest BCUT2D eigenvalue weighted by Crippen LogP contribution is -2.01. The fraction of sp³-hybridized carbons (Fsp3) is 0.222. The molecule has 20 heavy (non-hydrogen) atoms. The standard InChI is InChI=1S/C18H20N2/c1-13-7-5-9-16(11-13)15(3)20-18(19-4)17-10-6-8-14(2)12-17/h5-12,15H,4H2,1-3H3. The van der Waals surface area contributed by atoms with Crippen molar-refractivity contribution in [3.05, 3.63) is 70.8 Å². The summed E-state index contributed by atoms with van der Waals surface area (Å²) in [6.45, 7) is 9.88. The average Bonchev–Trinajstić information content (AvgIpc) is 2.44. The topological polar surface area (TPSA) is 24.7 Å². The van der Waals surface area contributed by atoms with Crippen molar-refractivity contribution in [1.29, 1.82) is 0 Å². The monoisotopic (exact) mass is 264 g/mol. The van der Waals surface area contributed by atoms with Crippen LogP contribution in [0, 0.1) is 13.8 Å². The van der Waals surface area contributed by atoms with Crippen molar-refractivity contribution in [2.75, 3.05) is 0 Å². The normalized spacial score (nSPS) is 13.1. The van der Waals surface area contributed by atoms with Crippen molar-refractivity contribution >= 4 is 12.6 Å². The van der Waals surface area contributed by atoms with E-state index in [-0.39, 0.29) is 6.04 Å². The number of benzene rings is 2. The fourth-order valence-electron chi connectivity index (χ4n) is 2.18. The molecular weight excluding hydrogens is 244 g/mol. The number of hydrogen-bond acceptors (Lipinski definition) is 1. The number of amidine groups is 1. The Hall–Kier alpha value is -2.22. The van der Waals surface area contributed by atoms with Crippen molar-refractivity contribution < 1.29 is 0 Å². The second-order valence-corrected chi connectivity index (χ2v) is 5.07. The molecule has 0 aromatic heterocycles. The van der Waals surface area contributed by atoms with Crippen molar-refractivity contribution in [2.45, 2.75) is 26.8 Å². The minimum Gasteiger partial charge on any atom is -0.258 e. The zero-order valence-electron chi connectivity index (χ0n) is 12.3. The van der Waals surface area contributed by atoms with Crippen LogP contribution in [0.1, 0.15) is 35.2 Å². The number of aliphatic imine (C=N–C) groups is 2. The fourth-order valence-corrected chi connectivity index (χ4v) is 2.18. The lowest BCUT2D eigenvalue weighted by Gasteiger charge is -2.10. The van der Waals surface area contributed by atoms with E-state index >= 15 is 0 Å². The van der Waals surface area contributed by atoms with Crippen LogP contribution in [0.15, 0.2) is 58.5 Å². The first-order valence-electron chi connectivity index (χ1n) is 6.78. The quantitative estimate of drug-likeness (QED) is 0.575. The summed E-state index contributed by atoms with van der Waals surface area (Å²) in [6.07, 6.45) is 0. The van der Waals surface area contributed by atoms with E-state index in [1.54, 1.807) is 0 Å². The molecule has 0 bridgehead atoms. The smallest absolute Gasteiger partial charge is 0.154 e. The van der Waals surface area contributed by atoms with Gasteiger partial charge in [-0.1, -0.05) is 53.6 Å². The summed E-state index contributed by atoms with van der Waals surface area (Å²) in [5.41, 5.74) is 4.65. The summed E-state index contributed by atoms with van der Waals surface area (Å²) in [5.74, 6) is 0.697. The summed E-state index contributed by atoms with van der Waals surface area (Å²) >= 11 is 0. The van der Waals surface area contributed by atoms with Crippen molar-refractivity contribution in [3.63, 3.8) is 0 Å². The highest BCUT2D eigenvalue weighted by molar-refractivity contribution is 6.01. The lowest BCUT2D eigenvalue weighted by atomic mass is 10.1. The van der Waals surface area contributed by atoms with E-state index in [4.69, 9.17) is 4.99 Å². The van der Waals surface area contributed by atoms with Gasteiger partial charge >= 0.3 is 0 Å². The molecule has 2 rings (SSSR count). The van der Waals surface area contributed by atoms with E-state index in [2.05, 4.69) is 68.9 Å². The minimum absolute atomic E-state index is 0.0657. The van der Waals surface area contributed by atoms with Gasteiger partial charge in [-0.2, -0.15) is 0 Å². The van der Waals surface area contributed by atoms with E-state index < -0.39 is 0 Å². The summed E-state index contributed by atoms with van der Waals surface area (Å²) in [6, 6.07) is 16.6. The molecule has 2 aromatic carbocycles. The molecule has 0 spiro atoms. The summed E-state index contributed by atoms with van der Waals surface area (Å²) in [7, 11) is 0. The van der Waals surface area contributed by atoms with E-state index in [9.17, 15) is 0 Å². The van der Waals surface area contributed by atoms with Gasteiger partial charge in [-0.15, -0.1) is 0 Å². The van der Waals surface area contributed by atoms with Crippen molar-refractivity contribution in [2.24, 2.45) is 9.98 Å². The van der Waals surface area contributed by atoms with Crippen LogP contribution < -0.4 is 0 Å². The molecule has 0 aliphatic carbocycles. The molecule has 0 saturated heterocycles. The Kier molecular flexibility index (Phi) is 4.46. The van der Waals surface area contributed by atoms with Crippen LogP contribution in [0.5, 0.6) is 0 Å². The molecule has 0 amide bonds. The number of hydrogen-bond donors (Lipinski definition) is 0. The van der Waals surface area contributed by atoms with Gasteiger partial charge in [0.2, 0.25) is 0 Å². The first-order chi connectivity index (χ1) is 9.60. The molecule has 2 aromatic rings. The van der Waals surface area contributed by atoms with E-state index in [1.165, 1.54) is 16.7 Å². The van der Waals surface area contributed by atoms with Gasteiger partial charge in [0.1, 0.15) is 0 Å². The Bertz CT molecular complexity index is 641. The number of rotatable bonds is 3. The Balaban J connectivity index is 2.33. The van der Waals surface area contributed by atoms with Gasteiger partial charge in [-0.05, 0) is 39.1 Å². The van der Waals surface area contributed by atoms with Crippen LogP contribution in [0.2, 0.25) is 0 Å². The molecule has 2 nitrogen and oxygen atoms in total. The lowest BCUT2D eigenvalue weighted by molar-refractivity contribution is 0.817. The van der Waals surface area contributed by atoms with Gasteiger partial charge in [0.15, 0.2) is 5.84 Å². The van der Waals surface area contributed by atoms with Gasteiger partial charge in [-0.3, -0.25) is 4.99 Å².